The summed E-state index contributed by atoms with van der Waals surface area (Å²) in [6.45, 7) is 0.364. The maximum absolute atomic E-state index is 12.9. The molecule has 1 nitrogen and oxygen atoms in total. The number of hydrogen-bond donors (Lipinski definition) is 0. The summed E-state index contributed by atoms with van der Waals surface area (Å²) in [5, 5.41) is 0. The van der Waals surface area contributed by atoms with E-state index >= 15 is 0 Å². The molecule has 0 saturated heterocycles. The van der Waals surface area contributed by atoms with Gasteiger partial charge in [-0.15, -0.1) is 11.6 Å². The summed E-state index contributed by atoms with van der Waals surface area (Å²) in [7, 11) is 0. The lowest BCUT2D eigenvalue weighted by atomic mass is 9.86. The number of hydrogen-bond acceptors (Lipinski definition) is 1. The zero-order chi connectivity index (χ0) is 13.2. The second kappa shape index (κ2) is 5.39. The minimum Gasteiger partial charge on any atom is -0.493 e. The molecule has 0 radical (unpaired) electrons. The van der Waals surface area contributed by atoms with Gasteiger partial charge in [0.05, 0.1) is 12.2 Å². The average molecular weight is 279 g/mol. The van der Waals surface area contributed by atoms with Crippen LogP contribution in [-0.4, -0.2) is 6.61 Å². The Hall–Kier alpha value is -0.900. The molecule has 0 aromatic heterocycles. The molecule has 1 fully saturated rings. The lowest BCUT2D eigenvalue weighted by molar-refractivity contribution is -0.139. The fourth-order valence-electron chi connectivity index (χ4n) is 1.87. The van der Waals surface area contributed by atoms with E-state index in [1.165, 1.54) is 6.07 Å². The molecule has 0 aliphatic heterocycles. The molecular weight excluding hydrogens is 265 g/mol. The van der Waals surface area contributed by atoms with Gasteiger partial charge < -0.3 is 4.74 Å². The van der Waals surface area contributed by atoms with E-state index in [0.717, 1.165) is 25.3 Å². The highest BCUT2D eigenvalue weighted by atomic mass is 35.5. The van der Waals surface area contributed by atoms with Crippen LogP contribution in [-0.2, 0) is 12.1 Å². The minimum atomic E-state index is -4.41. The van der Waals surface area contributed by atoms with Gasteiger partial charge in [-0.3, -0.25) is 0 Å². The number of ether oxygens (including phenoxy) is 1. The predicted octanol–water partition coefficient (Wildman–Crippen LogP) is 4.62. The summed E-state index contributed by atoms with van der Waals surface area (Å²) >= 11 is 5.55. The lowest BCUT2D eigenvalue weighted by Gasteiger charge is -2.26. The zero-order valence-corrected chi connectivity index (χ0v) is 10.5. The highest BCUT2D eigenvalue weighted by Crippen LogP contribution is 2.38. The Balaban J connectivity index is 2.16. The van der Waals surface area contributed by atoms with Crippen molar-refractivity contribution < 1.29 is 17.9 Å². The van der Waals surface area contributed by atoms with Crippen molar-refractivity contribution in [2.75, 3.05) is 6.61 Å². The summed E-state index contributed by atoms with van der Waals surface area (Å²) in [6, 6.07) is 3.99. The second-order valence-corrected chi connectivity index (χ2v) is 4.84. The van der Waals surface area contributed by atoms with Crippen molar-refractivity contribution in [3.8, 4) is 5.75 Å². The first-order chi connectivity index (χ1) is 8.50. The Morgan fingerprint density at radius 1 is 1.28 bits per heavy atom. The van der Waals surface area contributed by atoms with Crippen molar-refractivity contribution in [3.05, 3.63) is 29.3 Å². The van der Waals surface area contributed by atoms with Gasteiger partial charge in [-0.25, -0.2) is 0 Å². The molecule has 1 aromatic rings. The van der Waals surface area contributed by atoms with Crippen molar-refractivity contribution in [3.63, 3.8) is 0 Å². The largest absolute Gasteiger partial charge is 0.493 e. The van der Waals surface area contributed by atoms with Crippen LogP contribution in [0.5, 0.6) is 5.75 Å². The van der Waals surface area contributed by atoms with Gasteiger partial charge in [0.2, 0.25) is 0 Å². The average Bonchev–Trinajstić information content (AvgIpc) is 2.26. The van der Waals surface area contributed by atoms with E-state index < -0.39 is 11.7 Å². The molecule has 0 heterocycles. The number of rotatable bonds is 4. The van der Waals surface area contributed by atoms with Crippen LogP contribution in [0.4, 0.5) is 13.2 Å². The van der Waals surface area contributed by atoms with Crippen molar-refractivity contribution in [2.45, 2.75) is 31.3 Å². The molecule has 1 aliphatic carbocycles. The highest BCUT2D eigenvalue weighted by Gasteiger charge is 2.35. The molecule has 0 amide bonds. The number of halogens is 4. The Kier molecular flexibility index (Phi) is 4.05. The fourth-order valence-corrected chi connectivity index (χ4v) is 2.04. The SMILES string of the molecule is FC(F)(F)c1cc(CCl)ccc1OCC1CCC1. The van der Waals surface area contributed by atoms with E-state index in [-0.39, 0.29) is 11.6 Å². The lowest BCUT2D eigenvalue weighted by Crippen LogP contribution is -2.20. The number of alkyl halides is 4. The topological polar surface area (TPSA) is 9.23 Å². The van der Waals surface area contributed by atoms with E-state index in [4.69, 9.17) is 16.3 Å². The maximum atomic E-state index is 12.9. The van der Waals surface area contributed by atoms with Gasteiger partial charge in [0, 0.05) is 5.88 Å². The van der Waals surface area contributed by atoms with Crippen molar-refractivity contribution in [1.82, 2.24) is 0 Å². The van der Waals surface area contributed by atoms with Gasteiger partial charge in [-0.05, 0) is 36.5 Å². The molecule has 1 aromatic carbocycles. The first-order valence-electron chi connectivity index (χ1n) is 5.89. The summed E-state index contributed by atoms with van der Waals surface area (Å²) < 4.78 is 43.9. The first-order valence-corrected chi connectivity index (χ1v) is 6.43. The smallest absolute Gasteiger partial charge is 0.419 e. The van der Waals surface area contributed by atoms with Crippen LogP contribution in [0, 0.1) is 5.92 Å². The Morgan fingerprint density at radius 3 is 2.50 bits per heavy atom. The minimum absolute atomic E-state index is 0.0615. The van der Waals surface area contributed by atoms with Crippen LogP contribution >= 0.6 is 11.6 Å². The molecule has 5 heteroatoms. The quantitative estimate of drug-likeness (QED) is 0.730. The maximum Gasteiger partial charge on any atom is 0.419 e. The van der Waals surface area contributed by atoms with Gasteiger partial charge in [0.25, 0.3) is 0 Å². The van der Waals surface area contributed by atoms with Gasteiger partial charge in [0.1, 0.15) is 5.75 Å². The summed E-state index contributed by atoms with van der Waals surface area (Å²) in [5.41, 5.74) is -0.292. The molecular formula is C13H14ClF3O. The summed E-state index contributed by atoms with van der Waals surface area (Å²) in [4.78, 5) is 0. The monoisotopic (exact) mass is 278 g/mol. The van der Waals surface area contributed by atoms with Gasteiger partial charge in [-0.1, -0.05) is 12.5 Å². The third kappa shape index (κ3) is 3.10. The summed E-state index contributed by atoms with van der Waals surface area (Å²) in [5.74, 6) is 0.369. The molecule has 1 saturated carbocycles. The third-order valence-corrected chi connectivity index (χ3v) is 3.51. The fraction of sp³-hybridized carbons (Fsp3) is 0.538. The van der Waals surface area contributed by atoms with Gasteiger partial charge >= 0.3 is 6.18 Å². The Bertz CT molecular complexity index is 413. The van der Waals surface area contributed by atoms with E-state index in [1.54, 1.807) is 6.07 Å². The van der Waals surface area contributed by atoms with Crippen molar-refractivity contribution in [1.29, 1.82) is 0 Å². The van der Waals surface area contributed by atoms with Crippen LogP contribution in [0.25, 0.3) is 0 Å². The van der Waals surface area contributed by atoms with Crippen LogP contribution in [0.3, 0.4) is 0 Å². The summed E-state index contributed by atoms with van der Waals surface area (Å²) in [6.07, 6.45) is -1.18. The predicted molar refractivity (Wildman–Crippen MR) is 63.8 cm³/mol. The Labute approximate surface area is 109 Å². The first kappa shape index (κ1) is 13.5. The molecule has 0 unspecified atom stereocenters. The van der Waals surface area contributed by atoms with E-state index in [1.807, 2.05) is 0 Å². The van der Waals surface area contributed by atoms with Crippen LogP contribution in [0.2, 0.25) is 0 Å². The van der Waals surface area contributed by atoms with Crippen LogP contribution < -0.4 is 4.74 Å². The molecule has 0 spiro atoms. The van der Waals surface area contributed by atoms with Crippen LogP contribution in [0.15, 0.2) is 18.2 Å². The number of benzene rings is 1. The zero-order valence-electron chi connectivity index (χ0n) is 9.77. The molecule has 0 bridgehead atoms. The van der Waals surface area contributed by atoms with E-state index in [9.17, 15) is 13.2 Å². The van der Waals surface area contributed by atoms with Gasteiger partial charge in [0.15, 0.2) is 0 Å². The molecule has 0 N–H and O–H groups in total. The standard InChI is InChI=1S/C13H14ClF3O/c14-7-10-4-5-12(11(6-10)13(15,16)17)18-8-9-2-1-3-9/h4-6,9H,1-3,7-8H2. The molecule has 2 rings (SSSR count). The normalized spacial score (nSPS) is 16.4. The third-order valence-electron chi connectivity index (χ3n) is 3.20. The van der Waals surface area contributed by atoms with Crippen LogP contribution in [0.1, 0.15) is 30.4 Å². The molecule has 1 aliphatic rings. The van der Waals surface area contributed by atoms with Crippen molar-refractivity contribution >= 4 is 11.6 Å². The Morgan fingerprint density at radius 2 is 2.00 bits per heavy atom. The van der Waals surface area contributed by atoms with E-state index in [2.05, 4.69) is 0 Å². The second-order valence-electron chi connectivity index (χ2n) is 4.57. The molecule has 0 atom stereocenters. The van der Waals surface area contributed by atoms with Gasteiger partial charge in [-0.2, -0.15) is 13.2 Å². The highest BCUT2D eigenvalue weighted by molar-refractivity contribution is 6.17. The van der Waals surface area contributed by atoms with E-state index in [0.29, 0.717) is 18.1 Å². The molecule has 100 valence electrons. The van der Waals surface area contributed by atoms with Crippen molar-refractivity contribution in [2.24, 2.45) is 5.92 Å². The molecule has 18 heavy (non-hydrogen) atoms.